The number of hydrogen-bond donors (Lipinski definition) is 0. The van der Waals surface area contributed by atoms with E-state index in [2.05, 4.69) is 0 Å². The molecule has 0 aliphatic heterocycles. The summed E-state index contributed by atoms with van der Waals surface area (Å²) in [5, 5.41) is 0. The fourth-order valence-electron chi connectivity index (χ4n) is 0.831. The van der Waals surface area contributed by atoms with Crippen molar-refractivity contribution in [2.45, 2.75) is 5.75 Å². The molecule has 0 unspecified atom stereocenters. The largest absolute Gasteiger partial charge is 1.00 e. The third-order valence-electron chi connectivity index (χ3n) is 1.23. The van der Waals surface area contributed by atoms with Gasteiger partial charge in [-0.2, -0.15) is 0 Å². The summed E-state index contributed by atoms with van der Waals surface area (Å²) in [6, 6.07) is 4.95. The first-order valence-corrected chi connectivity index (χ1v) is 4.73. The molecular weight excluding hydrogens is 206 g/mol. The first-order valence-electron chi connectivity index (χ1n) is 3.15. The van der Waals surface area contributed by atoms with Gasteiger partial charge < -0.3 is 4.55 Å². The smallest absolute Gasteiger partial charge is 0.748 e. The standard InChI is InChI=1S/C7H7FO3S.Na/c8-7-3-1-2-6(4-7)5-12(9,10)11;/h1-4H,5H2,(H,9,10,11);/q;+1/p-1. The van der Waals surface area contributed by atoms with Crippen molar-refractivity contribution in [2.75, 3.05) is 0 Å². The Hall–Kier alpha value is 0.0600. The van der Waals surface area contributed by atoms with E-state index >= 15 is 0 Å². The van der Waals surface area contributed by atoms with Crippen molar-refractivity contribution in [2.24, 2.45) is 0 Å². The van der Waals surface area contributed by atoms with Crippen LogP contribution in [0.5, 0.6) is 0 Å². The average molecular weight is 212 g/mol. The molecule has 0 amide bonds. The van der Waals surface area contributed by atoms with Crippen LogP contribution >= 0.6 is 0 Å². The normalized spacial score (nSPS) is 10.6. The Bertz CT molecular complexity index is 377. The number of benzene rings is 1. The van der Waals surface area contributed by atoms with Gasteiger partial charge in [-0.25, -0.2) is 12.8 Å². The quantitative estimate of drug-likeness (QED) is 0.416. The van der Waals surface area contributed by atoms with Gasteiger partial charge in [0.1, 0.15) is 5.82 Å². The summed E-state index contributed by atoms with van der Waals surface area (Å²) < 4.78 is 43.1. The Labute approximate surface area is 98.0 Å². The maximum Gasteiger partial charge on any atom is 1.00 e. The Morgan fingerprint density at radius 1 is 1.38 bits per heavy atom. The first-order chi connectivity index (χ1) is 5.47. The van der Waals surface area contributed by atoms with Crippen LogP contribution < -0.4 is 29.6 Å². The number of hydrogen-bond acceptors (Lipinski definition) is 3. The van der Waals surface area contributed by atoms with Crippen molar-refractivity contribution >= 4 is 10.1 Å². The first kappa shape index (κ1) is 13.1. The summed E-state index contributed by atoms with van der Waals surface area (Å²) in [4.78, 5) is 0. The van der Waals surface area contributed by atoms with Gasteiger partial charge in [0.15, 0.2) is 0 Å². The molecule has 1 aromatic rings. The minimum absolute atomic E-state index is 0. The molecular formula is C7H6FNaO3S. The van der Waals surface area contributed by atoms with E-state index in [1.165, 1.54) is 18.2 Å². The van der Waals surface area contributed by atoms with Crippen molar-refractivity contribution in [3.05, 3.63) is 35.6 Å². The van der Waals surface area contributed by atoms with Gasteiger partial charge in [0.2, 0.25) is 0 Å². The third kappa shape index (κ3) is 5.38. The molecule has 6 heteroatoms. The van der Waals surface area contributed by atoms with Crippen molar-refractivity contribution in [1.29, 1.82) is 0 Å². The summed E-state index contributed by atoms with van der Waals surface area (Å²) in [6.07, 6.45) is 0. The van der Waals surface area contributed by atoms with Crippen molar-refractivity contribution in [3.8, 4) is 0 Å². The van der Waals surface area contributed by atoms with Crippen molar-refractivity contribution in [1.82, 2.24) is 0 Å². The van der Waals surface area contributed by atoms with Gasteiger partial charge in [-0.3, -0.25) is 0 Å². The van der Waals surface area contributed by atoms with E-state index in [4.69, 9.17) is 0 Å². The Morgan fingerprint density at radius 2 is 2.00 bits per heavy atom. The van der Waals surface area contributed by atoms with E-state index in [0.717, 1.165) is 6.07 Å². The molecule has 0 N–H and O–H groups in total. The SMILES string of the molecule is O=S(=O)([O-])Cc1cccc(F)c1.[Na+]. The molecule has 0 saturated carbocycles. The second kappa shape index (κ2) is 5.07. The number of rotatable bonds is 2. The molecule has 0 spiro atoms. The van der Waals surface area contributed by atoms with Gasteiger partial charge >= 0.3 is 29.6 Å². The Morgan fingerprint density at radius 3 is 2.46 bits per heavy atom. The maximum absolute atomic E-state index is 12.4. The second-order valence-corrected chi connectivity index (χ2v) is 3.74. The number of halogens is 1. The summed E-state index contributed by atoms with van der Waals surface area (Å²) in [5.41, 5.74) is 0.171. The molecule has 0 bridgehead atoms. The summed E-state index contributed by atoms with van der Waals surface area (Å²) in [6.45, 7) is 0. The van der Waals surface area contributed by atoms with Gasteiger partial charge in [0.25, 0.3) is 0 Å². The fourth-order valence-corrected chi connectivity index (χ4v) is 1.42. The molecule has 66 valence electrons. The average Bonchev–Trinajstić information content (AvgIpc) is 1.82. The van der Waals surface area contributed by atoms with Crippen molar-refractivity contribution < 1.29 is 46.9 Å². The topological polar surface area (TPSA) is 57.2 Å². The van der Waals surface area contributed by atoms with Crippen LogP contribution in [-0.4, -0.2) is 13.0 Å². The molecule has 0 atom stereocenters. The molecule has 13 heavy (non-hydrogen) atoms. The van der Waals surface area contributed by atoms with E-state index in [0.29, 0.717) is 0 Å². The van der Waals surface area contributed by atoms with Gasteiger partial charge in [-0.15, -0.1) is 0 Å². The Balaban J connectivity index is 0.00000144. The molecule has 3 nitrogen and oxygen atoms in total. The molecule has 0 aliphatic carbocycles. The van der Waals surface area contributed by atoms with Gasteiger partial charge in [-0.1, -0.05) is 12.1 Å². The van der Waals surface area contributed by atoms with E-state index in [1.807, 2.05) is 0 Å². The monoisotopic (exact) mass is 212 g/mol. The van der Waals surface area contributed by atoms with Gasteiger partial charge in [-0.05, 0) is 17.7 Å². The molecule has 0 radical (unpaired) electrons. The zero-order valence-electron chi connectivity index (χ0n) is 7.03. The minimum atomic E-state index is -4.31. The minimum Gasteiger partial charge on any atom is -0.748 e. The van der Waals surface area contributed by atoms with Crippen LogP contribution in [0, 0.1) is 5.82 Å². The molecule has 1 aromatic carbocycles. The van der Waals surface area contributed by atoms with Crippen LogP contribution in [0.15, 0.2) is 24.3 Å². The summed E-state index contributed by atoms with van der Waals surface area (Å²) >= 11 is 0. The van der Waals surface area contributed by atoms with Crippen LogP contribution in [0.25, 0.3) is 0 Å². The Kier molecular flexibility index (Phi) is 5.09. The third-order valence-corrected chi connectivity index (χ3v) is 1.92. The molecule has 0 heterocycles. The molecule has 0 fully saturated rings. The predicted molar refractivity (Wildman–Crippen MR) is 39.8 cm³/mol. The van der Waals surface area contributed by atoms with E-state index < -0.39 is 21.7 Å². The van der Waals surface area contributed by atoms with Crippen molar-refractivity contribution in [3.63, 3.8) is 0 Å². The molecule has 0 aliphatic rings. The van der Waals surface area contributed by atoms with E-state index in [9.17, 15) is 17.4 Å². The van der Waals surface area contributed by atoms with E-state index in [1.54, 1.807) is 0 Å². The van der Waals surface area contributed by atoms with Crippen LogP contribution in [0.1, 0.15) is 5.56 Å². The van der Waals surface area contributed by atoms with Gasteiger partial charge in [0, 0.05) is 0 Å². The van der Waals surface area contributed by atoms with Crippen LogP contribution in [-0.2, 0) is 15.9 Å². The van der Waals surface area contributed by atoms with Crippen LogP contribution in [0.4, 0.5) is 4.39 Å². The molecule has 1 rings (SSSR count). The zero-order chi connectivity index (χ0) is 9.19. The van der Waals surface area contributed by atoms with Crippen LogP contribution in [0.2, 0.25) is 0 Å². The summed E-state index contributed by atoms with van der Waals surface area (Å²) in [5.74, 6) is -1.21. The molecule has 0 saturated heterocycles. The predicted octanol–water partition coefficient (Wildman–Crippen LogP) is -2.13. The zero-order valence-corrected chi connectivity index (χ0v) is 9.84. The second-order valence-electron chi connectivity index (χ2n) is 2.33. The summed E-state index contributed by atoms with van der Waals surface area (Å²) in [7, 11) is -4.31. The van der Waals surface area contributed by atoms with E-state index in [-0.39, 0.29) is 35.1 Å². The van der Waals surface area contributed by atoms with Crippen LogP contribution in [0.3, 0.4) is 0 Å². The van der Waals surface area contributed by atoms with Gasteiger partial charge in [0.05, 0.1) is 15.9 Å². The molecule has 0 aromatic heterocycles. The fraction of sp³-hybridized carbons (Fsp3) is 0.143. The maximum atomic E-state index is 12.4.